The molecule has 1 fully saturated rings. The van der Waals surface area contributed by atoms with Gasteiger partial charge in [-0.05, 0) is 32.4 Å². The Morgan fingerprint density at radius 2 is 1.55 bits per heavy atom. The first-order chi connectivity index (χ1) is 10.6. The molecule has 2 rings (SSSR count). The zero-order valence-electron chi connectivity index (χ0n) is 13.7. The highest BCUT2D eigenvalue weighted by molar-refractivity contribution is 5.95. The van der Waals surface area contributed by atoms with E-state index in [0.717, 1.165) is 24.2 Å². The van der Waals surface area contributed by atoms with Crippen LogP contribution in [0.5, 0.6) is 0 Å². The Labute approximate surface area is 132 Å². The average Bonchev–Trinajstić information content (AvgIpc) is 2.56. The Morgan fingerprint density at radius 3 is 2.09 bits per heavy atom. The Morgan fingerprint density at radius 1 is 1.00 bits per heavy atom. The van der Waals surface area contributed by atoms with E-state index < -0.39 is 0 Å². The first-order valence-corrected chi connectivity index (χ1v) is 7.97. The SMILES string of the molecule is CCN(CC)C(=O)N1CCN(C(=O)c2ccccc2C)CC1. The van der Waals surface area contributed by atoms with Gasteiger partial charge >= 0.3 is 6.03 Å². The molecule has 3 amide bonds. The topological polar surface area (TPSA) is 43.9 Å². The molecule has 0 saturated carbocycles. The van der Waals surface area contributed by atoms with Gasteiger partial charge in [0.2, 0.25) is 0 Å². The zero-order valence-corrected chi connectivity index (χ0v) is 13.7. The van der Waals surface area contributed by atoms with Crippen molar-refractivity contribution in [2.45, 2.75) is 20.8 Å². The summed E-state index contributed by atoms with van der Waals surface area (Å²) in [5, 5.41) is 0. The quantitative estimate of drug-likeness (QED) is 0.859. The predicted molar refractivity (Wildman–Crippen MR) is 87.0 cm³/mol. The van der Waals surface area contributed by atoms with Crippen molar-refractivity contribution >= 4 is 11.9 Å². The summed E-state index contributed by atoms with van der Waals surface area (Å²) in [5.74, 6) is 0.0630. The van der Waals surface area contributed by atoms with Gasteiger partial charge in [-0.2, -0.15) is 0 Å². The maximum atomic E-state index is 12.6. The van der Waals surface area contributed by atoms with E-state index in [2.05, 4.69) is 0 Å². The van der Waals surface area contributed by atoms with Crippen LogP contribution < -0.4 is 0 Å². The number of carbonyl (C=O) groups is 2. The molecular weight excluding hydrogens is 278 g/mol. The molecule has 1 aromatic carbocycles. The zero-order chi connectivity index (χ0) is 16.1. The molecule has 1 heterocycles. The number of rotatable bonds is 3. The molecule has 1 aromatic rings. The molecule has 22 heavy (non-hydrogen) atoms. The maximum Gasteiger partial charge on any atom is 0.320 e. The van der Waals surface area contributed by atoms with Gasteiger partial charge in [-0.15, -0.1) is 0 Å². The van der Waals surface area contributed by atoms with Gasteiger partial charge in [0, 0.05) is 44.8 Å². The fourth-order valence-electron chi connectivity index (χ4n) is 2.78. The van der Waals surface area contributed by atoms with Gasteiger partial charge in [-0.25, -0.2) is 4.79 Å². The van der Waals surface area contributed by atoms with E-state index in [1.807, 2.05) is 59.7 Å². The van der Waals surface area contributed by atoms with Crippen LogP contribution in [0.2, 0.25) is 0 Å². The molecule has 0 aromatic heterocycles. The van der Waals surface area contributed by atoms with Crippen molar-refractivity contribution in [3.8, 4) is 0 Å². The van der Waals surface area contributed by atoms with E-state index >= 15 is 0 Å². The van der Waals surface area contributed by atoms with Gasteiger partial charge < -0.3 is 14.7 Å². The van der Waals surface area contributed by atoms with Gasteiger partial charge in [-0.1, -0.05) is 18.2 Å². The second kappa shape index (κ2) is 7.29. The van der Waals surface area contributed by atoms with Crippen LogP contribution in [-0.4, -0.2) is 65.9 Å². The van der Waals surface area contributed by atoms with Crippen LogP contribution in [0, 0.1) is 6.92 Å². The van der Waals surface area contributed by atoms with Crippen molar-refractivity contribution in [3.05, 3.63) is 35.4 Å². The van der Waals surface area contributed by atoms with Crippen molar-refractivity contribution in [3.63, 3.8) is 0 Å². The van der Waals surface area contributed by atoms with E-state index in [9.17, 15) is 9.59 Å². The second-order valence-corrected chi connectivity index (χ2v) is 5.55. The molecule has 1 aliphatic heterocycles. The van der Waals surface area contributed by atoms with Crippen LogP contribution >= 0.6 is 0 Å². The van der Waals surface area contributed by atoms with Crippen LogP contribution in [0.4, 0.5) is 4.79 Å². The third-order valence-electron chi connectivity index (χ3n) is 4.25. The molecule has 0 N–H and O–H groups in total. The van der Waals surface area contributed by atoms with Crippen molar-refractivity contribution in [1.29, 1.82) is 0 Å². The number of hydrogen-bond donors (Lipinski definition) is 0. The standard InChI is InChI=1S/C17H25N3O2/c1-4-18(5-2)17(22)20-12-10-19(11-13-20)16(21)15-9-7-6-8-14(15)3/h6-9H,4-5,10-13H2,1-3H3. The van der Waals surface area contributed by atoms with Gasteiger partial charge in [-0.3, -0.25) is 4.79 Å². The number of piperazine rings is 1. The third-order valence-corrected chi connectivity index (χ3v) is 4.25. The normalized spacial score (nSPS) is 14.9. The number of nitrogens with zero attached hydrogens (tertiary/aromatic N) is 3. The summed E-state index contributed by atoms with van der Waals surface area (Å²) in [4.78, 5) is 30.4. The van der Waals surface area contributed by atoms with Crippen molar-refractivity contribution < 1.29 is 9.59 Å². The lowest BCUT2D eigenvalue weighted by Gasteiger charge is -2.37. The number of carbonyl (C=O) groups excluding carboxylic acids is 2. The minimum Gasteiger partial charge on any atom is -0.335 e. The lowest BCUT2D eigenvalue weighted by Crippen LogP contribution is -2.54. The Bertz CT molecular complexity index is 532. The Hall–Kier alpha value is -2.04. The summed E-state index contributed by atoms with van der Waals surface area (Å²) in [5.41, 5.74) is 1.75. The average molecular weight is 303 g/mol. The third kappa shape index (κ3) is 3.40. The molecule has 0 spiro atoms. The lowest BCUT2D eigenvalue weighted by molar-refractivity contribution is 0.0641. The van der Waals surface area contributed by atoms with Crippen LogP contribution in [-0.2, 0) is 0 Å². The van der Waals surface area contributed by atoms with Gasteiger partial charge in [0.15, 0.2) is 0 Å². The van der Waals surface area contributed by atoms with E-state index in [4.69, 9.17) is 0 Å². The highest BCUT2D eigenvalue weighted by Gasteiger charge is 2.27. The first kappa shape index (κ1) is 16.3. The molecule has 1 aliphatic rings. The predicted octanol–water partition coefficient (Wildman–Crippen LogP) is 2.21. The fourth-order valence-corrected chi connectivity index (χ4v) is 2.78. The fraction of sp³-hybridized carbons (Fsp3) is 0.529. The van der Waals surface area contributed by atoms with Crippen LogP contribution in [0.25, 0.3) is 0 Å². The minimum atomic E-state index is 0.0630. The summed E-state index contributed by atoms with van der Waals surface area (Å²) in [6, 6.07) is 7.72. The molecule has 5 nitrogen and oxygen atoms in total. The largest absolute Gasteiger partial charge is 0.335 e. The van der Waals surface area contributed by atoms with Crippen LogP contribution in [0.15, 0.2) is 24.3 Å². The first-order valence-electron chi connectivity index (χ1n) is 7.97. The Balaban J connectivity index is 1.96. The summed E-state index contributed by atoms with van der Waals surface area (Å²) >= 11 is 0. The smallest absolute Gasteiger partial charge is 0.320 e. The summed E-state index contributed by atoms with van der Waals surface area (Å²) < 4.78 is 0. The number of amides is 3. The molecule has 5 heteroatoms. The molecular formula is C17H25N3O2. The molecule has 120 valence electrons. The Kier molecular flexibility index (Phi) is 5.41. The number of benzene rings is 1. The van der Waals surface area contributed by atoms with Crippen molar-refractivity contribution in [2.75, 3.05) is 39.3 Å². The molecule has 0 unspecified atom stereocenters. The maximum absolute atomic E-state index is 12.6. The highest BCUT2D eigenvalue weighted by atomic mass is 16.2. The lowest BCUT2D eigenvalue weighted by atomic mass is 10.1. The van der Waals surface area contributed by atoms with E-state index in [-0.39, 0.29) is 11.9 Å². The molecule has 1 saturated heterocycles. The molecule has 0 atom stereocenters. The van der Waals surface area contributed by atoms with Gasteiger partial charge in [0.05, 0.1) is 0 Å². The van der Waals surface area contributed by atoms with E-state index in [1.54, 1.807) is 0 Å². The summed E-state index contributed by atoms with van der Waals surface area (Å²) in [6.45, 7) is 9.77. The van der Waals surface area contributed by atoms with Gasteiger partial charge in [0.1, 0.15) is 0 Å². The number of aryl methyl sites for hydroxylation is 1. The van der Waals surface area contributed by atoms with Gasteiger partial charge in [0.25, 0.3) is 5.91 Å². The number of hydrogen-bond acceptors (Lipinski definition) is 2. The molecule has 0 bridgehead atoms. The summed E-state index contributed by atoms with van der Waals surface area (Å²) in [6.07, 6.45) is 0. The second-order valence-electron chi connectivity index (χ2n) is 5.55. The van der Waals surface area contributed by atoms with E-state index in [0.29, 0.717) is 26.2 Å². The van der Waals surface area contributed by atoms with Crippen molar-refractivity contribution in [1.82, 2.24) is 14.7 Å². The monoisotopic (exact) mass is 303 g/mol. The van der Waals surface area contributed by atoms with Crippen molar-refractivity contribution in [2.24, 2.45) is 0 Å². The minimum absolute atomic E-state index is 0.0630. The van der Waals surface area contributed by atoms with Crippen LogP contribution in [0.1, 0.15) is 29.8 Å². The van der Waals surface area contributed by atoms with E-state index in [1.165, 1.54) is 0 Å². The number of urea groups is 1. The molecule has 0 aliphatic carbocycles. The van der Waals surface area contributed by atoms with Crippen LogP contribution in [0.3, 0.4) is 0 Å². The highest BCUT2D eigenvalue weighted by Crippen LogP contribution is 2.13. The summed E-state index contributed by atoms with van der Waals surface area (Å²) in [7, 11) is 0. The molecule has 0 radical (unpaired) electrons.